The van der Waals surface area contributed by atoms with Crippen molar-refractivity contribution in [3.63, 3.8) is 0 Å². The molecule has 1 unspecified atom stereocenters. The fourth-order valence-electron chi connectivity index (χ4n) is 2.67. The fraction of sp³-hybridized carbons (Fsp3) is 0.647. The van der Waals surface area contributed by atoms with Gasteiger partial charge in [-0.25, -0.2) is 4.39 Å². The topological polar surface area (TPSA) is 30.5 Å². The molecular formula is C17H26FNO2. The van der Waals surface area contributed by atoms with Crippen LogP contribution >= 0.6 is 0 Å². The second kappa shape index (κ2) is 7.76. The largest absolute Gasteiger partial charge is 0.488 e. The second-order valence-electron chi connectivity index (χ2n) is 6.05. The molecule has 1 aliphatic heterocycles. The van der Waals surface area contributed by atoms with Crippen LogP contribution in [-0.2, 0) is 11.3 Å². The highest BCUT2D eigenvalue weighted by Crippen LogP contribution is 2.21. The third kappa shape index (κ3) is 4.97. The van der Waals surface area contributed by atoms with Crippen molar-refractivity contribution in [2.24, 2.45) is 5.92 Å². The molecule has 1 aromatic rings. The maximum atomic E-state index is 13.9. The number of nitrogens with one attached hydrogen (secondary N) is 1. The van der Waals surface area contributed by atoms with Gasteiger partial charge in [-0.1, -0.05) is 6.07 Å². The van der Waals surface area contributed by atoms with Crippen molar-refractivity contribution >= 4 is 0 Å². The molecule has 1 heterocycles. The van der Waals surface area contributed by atoms with Crippen LogP contribution in [0.5, 0.6) is 5.75 Å². The molecular weight excluding hydrogens is 269 g/mol. The van der Waals surface area contributed by atoms with Gasteiger partial charge >= 0.3 is 0 Å². The number of benzene rings is 1. The third-order valence-electron chi connectivity index (χ3n) is 3.96. The summed E-state index contributed by atoms with van der Waals surface area (Å²) in [4.78, 5) is 0. The van der Waals surface area contributed by atoms with Crippen molar-refractivity contribution in [3.8, 4) is 5.75 Å². The number of hydrogen-bond donors (Lipinski definition) is 1. The van der Waals surface area contributed by atoms with Crippen molar-refractivity contribution < 1.29 is 13.9 Å². The number of rotatable bonds is 6. The minimum Gasteiger partial charge on any atom is -0.488 e. The van der Waals surface area contributed by atoms with Crippen molar-refractivity contribution in [3.05, 3.63) is 29.6 Å². The quantitative estimate of drug-likeness (QED) is 0.871. The second-order valence-corrected chi connectivity index (χ2v) is 6.05. The molecule has 21 heavy (non-hydrogen) atoms. The van der Waals surface area contributed by atoms with Gasteiger partial charge in [0.25, 0.3) is 0 Å². The van der Waals surface area contributed by atoms with Gasteiger partial charge in [0, 0.05) is 25.8 Å². The highest BCUT2D eigenvalue weighted by Gasteiger charge is 2.20. The van der Waals surface area contributed by atoms with Crippen LogP contribution in [0.2, 0.25) is 0 Å². The average Bonchev–Trinajstić information content (AvgIpc) is 2.48. The van der Waals surface area contributed by atoms with Crippen molar-refractivity contribution in [2.45, 2.75) is 52.3 Å². The Morgan fingerprint density at radius 2 is 2.00 bits per heavy atom. The third-order valence-corrected chi connectivity index (χ3v) is 3.96. The van der Waals surface area contributed by atoms with Crippen LogP contribution in [0.3, 0.4) is 0 Å². The van der Waals surface area contributed by atoms with Gasteiger partial charge in [-0.3, -0.25) is 0 Å². The molecule has 4 heteroatoms. The maximum Gasteiger partial charge on any atom is 0.165 e. The lowest BCUT2D eigenvalue weighted by Crippen LogP contribution is -2.36. The van der Waals surface area contributed by atoms with E-state index in [9.17, 15) is 4.39 Å². The molecule has 0 bridgehead atoms. The zero-order valence-electron chi connectivity index (χ0n) is 13.2. The van der Waals surface area contributed by atoms with Gasteiger partial charge < -0.3 is 14.8 Å². The summed E-state index contributed by atoms with van der Waals surface area (Å²) in [5, 5.41) is 3.49. The molecule has 0 spiro atoms. The van der Waals surface area contributed by atoms with E-state index in [4.69, 9.17) is 9.47 Å². The van der Waals surface area contributed by atoms with Crippen LogP contribution in [0.4, 0.5) is 4.39 Å². The first-order valence-corrected chi connectivity index (χ1v) is 7.82. The molecule has 1 saturated heterocycles. The minimum absolute atomic E-state index is 0.0167. The van der Waals surface area contributed by atoms with Crippen LogP contribution in [0.25, 0.3) is 0 Å². The summed E-state index contributed by atoms with van der Waals surface area (Å²) in [6.45, 7) is 8.37. The first-order chi connectivity index (χ1) is 10.1. The molecule has 0 saturated carbocycles. The Balaban J connectivity index is 1.86. The smallest absolute Gasteiger partial charge is 0.165 e. The molecule has 0 aromatic heterocycles. The van der Waals surface area contributed by atoms with Crippen LogP contribution in [0, 0.1) is 11.7 Å². The van der Waals surface area contributed by atoms with Gasteiger partial charge in [0.1, 0.15) is 0 Å². The van der Waals surface area contributed by atoms with E-state index in [1.54, 1.807) is 12.1 Å². The van der Waals surface area contributed by atoms with Crippen molar-refractivity contribution in [1.82, 2.24) is 5.32 Å². The highest BCUT2D eigenvalue weighted by molar-refractivity contribution is 5.29. The van der Waals surface area contributed by atoms with Gasteiger partial charge in [0.15, 0.2) is 11.6 Å². The van der Waals surface area contributed by atoms with Crippen molar-refractivity contribution in [1.29, 1.82) is 0 Å². The summed E-state index contributed by atoms with van der Waals surface area (Å²) in [5.74, 6) is 0.681. The first kappa shape index (κ1) is 16.2. The van der Waals surface area contributed by atoms with E-state index in [1.807, 2.05) is 19.9 Å². The molecule has 1 fully saturated rings. The molecule has 1 atom stereocenters. The van der Waals surface area contributed by atoms with E-state index in [0.717, 1.165) is 31.6 Å². The Kier molecular flexibility index (Phi) is 6.00. The molecule has 1 aromatic carbocycles. The lowest BCUT2D eigenvalue weighted by Gasteiger charge is -2.28. The zero-order chi connectivity index (χ0) is 15.2. The van der Waals surface area contributed by atoms with Gasteiger partial charge in [0.05, 0.1) is 6.10 Å². The first-order valence-electron chi connectivity index (χ1n) is 7.82. The van der Waals surface area contributed by atoms with E-state index in [0.29, 0.717) is 24.3 Å². The van der Waals surface area contributed by atoms with Crippen LogP contribution in [0.1, 0.15) is 39.2 Å². The number of halogens is 1. The Bertz CT molecular complexity index is 444. The zero-order valence-corrected chi connectivity index (χ0v) is 13.2. The van der Waals surface area contributed by atoms with E-state index in [2.05, 4.69) is 12.2 Å². The van der Waals surface area contributed by atoms with Gasteiger partial charge in [-0.15, -0.1) is 0 Å². The predicted molar refractivity (Wildman–Crippen MR) is 82.0 cm³/mol. The van der Waals surface area contributed by atoms with Gasteiger partial charge in [-0.05, 0) is 57.2 Å². The van der Waals surface area contributed by atoms with Crippen molar-refractivity contribution in [2.75, 3.05) is 13.2 Å². The van der Waals surface area contributed by atoms with Crippen LogP contribution < -0.4 is 10.1 Å². The summed E-state index contributed by atoms with van der Waals surface area (Å²) >= 11 is 0. The lowest BCUT2D eigenvalue weighted by atomic mass is 9.93. The Labute approximate surface area is 126 Å². The average molecular weight is 295 g/mol. The van der Waals surface area contributed by atoms with E-state index >= 15 is 0 Å². The molecule has 0 aliphatic carbocycles. The highest BCUT2D eigenvalue weighted by atomic mass is 19.1. The van der Waals surface area contributed by atoms with E-state index in [-0.39, 0.29) is 11.9 Å². The Hall–Kier alpha value is -1.13. The van der Waals surface area contributed by atoms with Gasteiger partial charge in [-0.2, -0.15) is 0 Å². The Morgan fingerprint density at radius 1 is 1.29 bits per heavy atom. The molecule has 0 radical (unpaired) electrons. The predicted octanol–water partition coefficient (Wildman–Crippen LogP) is 3.52. The fourth-order valence-corrected chi connectivity index (χ4v) is 2.67. The van der Waals surface area contributed by atoms with E-state index < -0.39 is 0 Å². The monoisotopic (exact) mass is 295 g/mol. The minimum atomic E-state index is -0.290. The standard InChI is InChI=1S/C17H26FNO2/c1-12(2)21-17-5-4-14(10-16(17)18)11-19-13(3)15-6-8-20-9-7-15/h4-5,10,12-13,15,19H,6-9,11H2,1-3H3. The molecule has 1 aliphatic rings. The molecule has 0 amide bonds. The maximum absolute atomic E-state index is 13.9. The van der Waals surface area contributed by atoms with Gasteiger partial charge in [0.2, 0.25) is 0 Å². The number of hydrogen-bond acceptors (Lipinski definition) is 3. The summed E-state index contributed by atoms with van der Waals surface area (Å²) < 4.78 is 24.7. The summed E-state index contributed by atoms with van der Waals surface area (Å²) in [7, 11) is 0. The Morgan fingerprint density at radius 3 is 2.62 bits per heavy atom. The normalized spacial score (nSPS) is 18.0. The molecule has 3 nitrogen and oxygen atoms in total. The summed E-state index contributed by atoms with van der Waals surface area (Å²) in [6, 6.07) is 5.61. The van der Waals surface area contributed by atoms with Crippen LogP contribution in [0.15, 0.2) is 18.2 Å². The van der Waals surface area contributed by atoms with Crippen LogP contribution in [-0.4, -0.2) is 25.4 Å². The van der Waals surface area contributed by atoms with E-state index in [1.165, 1.54) is 0 Å². The number of ether oxygens (including phenoxy) is 2. The summed E-state index contributed by atoms with van der Waals surface area (Å²) in [5.41, 5.74) is 0.947. The molecule has 2 rings (SSSR count). The molecule has 118 valence electrons. The lowest BCUT2D eigenvalue weighted by molar-refractivity contribution is 0.0558. The molecule has 1 N–H and O–H groups in total. The summed E-state index contributed by atoms with van der Waals surface area (Å²) in [6.07, 6.45) is 2.19. The SMILES string of the molecule is CC(C)Oc1ccc(CNC(C)C2CCOCC2)cc1F.